The molecule has 0 unspecified atom stereocenters. The molecule has 33 heavy (non-hydrogen) atoms. The second-order valence-electron chi connectivity index (χ2n) is 8.63. The number of rotatable bonds is 7. The van der Waals surface area contributed by atoms with Crippen LogP contribution in [-0.4, -0.2) is 78.2 Å². The van der Waals surface area contributed by atoms with Crippen LogP contribution >= 0.6 is 0 Å². The highest BCUT2D eigenvalue weighted by molar-refractivity contribution is 5.79. The van der Waals surface area contributed by atoms with Crippen LogP contribution in [0.3, 0.4) is 0 Å². The Morgan fingerprint density at radius 1 is 1.00 bits per heavy atom. The summed E-state index contributed by atoms with van der Waals surface area (Å²) in [7, 11) is 0. The van der Waals surface area contributed by atoms with E-state index >= 15 is 0 Å². The normalized spacial score (nSPS) is 16.6. The molecule has 1 atom stereocenters. The van der Waals surface area contributed by atoms with Crippen LogP contribution in [-0.2, 0) is 14.3 Å². The van der Waals surface area contributed by atoms with E-state index in [-0.39, 0.29) is 37.4 Å². The highest BCUT2D eigenvalue weighted by Gasteiger charge is 2.29. The predicted molar refractivity (Wildman–Crippen MR) is 123 cm³/mol. The maximum Gasteiger partial charge on any atom is 0.407 e. The quantitative estimate of drug-likeness (QED) is 0.671. The van der Waals surface area contributed by atoms with Gasteiger partial charge in [0.2, 0.25) is 5.91 Å². The van der Waals surface area contributed by atoms with Gasteiger partial charge >= 0.3 is 12.1 Å². The van der Waals surface area contributed by atoms with Gasteiger partial charge in [-0.3, -0.25) is 14.5 Å². The summed E-state index contributed by atoms with van der Waals surface area (Å²) in [4.78, 5) is 39.3. The molecule has 174 valence electrons. The molecule has 1 aliphatic carbocycles. The number of carboxylic acids is 1. The summed E-state index contributed by atoms with van der Waals surface area (Å²) in [6.07, 6.45) is -0.369. The van der Waals surface area contributed by atoms with E-state index in [2.05, 4.69) is 29.6 Å². The Morgan fingerprint density at radius 3 is 2.15 bits per heavy atom. The second-order valence-corrected chi connectivity index (χ2v) is 8.63. The molecular weight excluding hydrogens is 422 g/mol. The van der Waals surface area contributed by atoms with E-state index in [1.54, 1.807) is 11.8 Å². The maximum atomic E-state index is 12.6. The van der Waals surface area contributed by atoms with Gasteiger partial charge < -0.3 is 20.1 Å². The van der Waals surface area contributed by atoms with E-state index in [0.29, 0.717) is 26.2 Å². The lowest BCUT2D eigenvalue weighted by molar-refractivity contribution is -0.139. The number of ether oxygens (including phenoxy) is 1. The first-order valence-electron chi connectivity index (χ1n) is 11.3. The molecule has 0 saturated carbocycles. The van der Waals surface area contributed by atoms with Gasteiger partial charge in [-0.1, -0.05) is 48.5 Å². The largest absolute Gasteiger partial charge is 0.480 e. The fourth-order valence-corrected chi connectivity index (χ4v) is 4.63. The number of carbonyl (C=O) groups excluding carboxylic acids is 2. The SMILES string of the molecule is C[C@H](CC(=O)N1CCN(CC(=O)O)CC1)NC(=O)OCC1c2ccccc2-c2ccccc21. The fourth-order valence-electron chi connectivity index (χ4n) is 4.63. The smallest absolute Gasteiger partial charge is 0.407 e. The summed E-state index contributed by atoms with van der Waals surface area (Å²) in [6, 6.07) is 15.9. The molecule has 2 amide bonds. The molecule has 0 aromatic heterocycles. The number of nitrogens with one attached hydrogen (secondary N) is 1. The molecule has 2 N–H and O–H groups in total. The Balaban J connectivity index is 1.25. The van der Waals surface area contributed by atoms with Gasteiger partial charge in [0.15, 0.2) is 0 Å². The second kappa shape index (κ2) is 10.0. The van der Waals surface area contributed by atoms with Crippen LogP contribution in [0, 0.1) is 0 Å². The molecule has 2 aromatic rings. The fraction of sp³-hybridized carbons (Fsp3) is 0.400. The van der Waals surface area contributed by atoms with Crippen molar-refractivity contribution in [2.24, 2.45) is 0 Å². The maximum absolute atomic E-state index is 12.6. The first kappa shape index (κ1) is 22.8. The van der Waals surface area contributed by atoms with Crippen LogP contribution in [0.15, 0.2) is 48.5 Å². The number of hydrogen-bond donors (Lipinski definition) is 2. The summed E-state index contributed by atoms with van der Waals surface area (Å²) in [5.41, 5.74) is 4.64. The van der Waals surface area contributed by atoms with Crippen molar-refractivity contribution in [3.8, 4) is 11.1 Å². The zero-order valence-corrected chi connectivity index (χ0v) is 18.7. The third-order valence-electron chi connectivity index (χ3n) is 6.27. The van der Waals surface area contributed by atoms with Crippen molar-refractivity contribution in [3.05, 3.63) is 59.7 Å². The molecule has 1 heterocycles. The van der Waals surface area contributed by atoms with E-state index in [1.807, 2.05) is 29.2 Å². The lowest BCUT2D eigenvalue weighted by Gasteiger charge is -2.34. The molecule has 2 aromatic carbocycles. The molecule has 8 nitrogen and oxygen atoms in total. The van der Waals surface area contributed by atoms with Crippen LogP contribution < -0.4 is 5.32 Å². The Morgan fingerprint density at radius 2 is 1.58 bits per heavy atom. The first-order chi connectivity index (χ1) is 15.9. The van der Waals surface area contributed by atoms with Crippen molar-refractivity contribution in [1.29, 1.82) is 0 Å². The number of alkyl carbamates (subject to hydrolysis) is 1. The summed E-state index contributed by atoms with van der Waals surface area (Å²) in [5, 5.41) is 11.6. The Bertz CT molecular complexity index is 987. The molecule has 1 saturated heterocycles. The molecule has 1 fully saturated rings. The number of aliphatic carboxylic acids is 1. The third-order valence-corrected chi connectivity index (χ3v) is 6.27. The van der Waals surface area contributed by atoms with E-state index in [1.165, 1.54) is 11.1 Å². The lowest BCUT2D eigenvalue weighted by atomic mass is 9.98. The van der Waals surface area contributed by atoms with Crippen LogP contribution in [0.1, 0.15) is 30.4 Å². The highest BCUT2D eigenvalue weighted by atomic mass is 16.5. The zero-order valence-electron chi connectivity index (χ0n) is 18.7. The summed E-state index contributed by atoms with van der Waals surface area (Å²) < 4.78 is 5.55. The molecule has 2 aliphatic rings. The van der Waals surface area contributed by atoms with E-state index in [4.69, 9.17) is 9.84 Å². The van der Waals surface area contributed by atoms with Gasteiger partial charge in [-0.25, -0.2) is 4.79 Å². The van der Waals surface area contributed by atoms with Crippen molar-refractivity contribution in [3.63, 3.8) is 0 Å². The van der Waals surface area contributed by atoms with Crippen LogP contribution in [0.5, 0.6) is 0 Å². The summed E-state index contributed by atoms with van der Waals surface area (Å²) in [6.45, 7) is 4.04. The molecule has 4 rings (SSSR count). The number of piperazine rings is 1. The monoisotopic (exact) mass is 451 g/mol. The van der Waals surface area contributed by atoms with Crippen LogP contribution in [0.25, 0.3) is 11.1 Å². The minimum Gasteiger partial charge on any atom is -0.480 e. The van der Waals surface area contributed by atoms with Crippen molar-refractivity contribution < 1.29 is 24.2 Å². The number of hydrogen-bond acceptors (Lipinski definition) is 5. The molecule has 0 radical (unpaired) electrons. The average Bonchev–Trinajstić information content (AvgIpc) is 3.11. The summed E-state index contributed by atoms with van der Waals surface area (Å²) >= 11 is 0. The van der Waals surface area contributed by atoms with Gasteiger partial charge in [-0.2, -0.15) is 0 Å². The van der Waals surface area contributed by atoms with Gasteiger partial charge in [-0.05, 0) is 29.2 Å². The van der Waals surface area contributed by atoms with Gasteiger partial charge in [0, 0.05) is 44.6 Å². The lowest BCUT2D eigenvalue weighted by Crippen LogP contribution is -2.51. The topological polar surface area (TPSA) is 99.2 Å². The number of carbonyl (C=O) groups is 3. The van der Waals surface area contributed by atoms with E-state index in [9.17, 15) is 14.4 Å². The minimum absolute atomic E-state index is 0.0119. The van der Waals surface area contributed by atoms with Crippen LogP contribution in [0.2, 0.25) is 0 Å². The first-order valence-corrected chi connectivity index (χ1v) is 11.3. The Kier molecular flexibility index (Phi) is 6.93. The number of amides is 2. The van der Waals surface area contributed by atoms with Gasteiger partial charge in [-0.15, -0.1) is 0 Å². The average molecular weight is 452 g/mol. The number of nitrogens with zero attached hydrogens (tertiary/aromatic N) is 2. The van der Waals surface area contributed by atoms with Crippen molar-refractivity contribution >= 4 is 18.0 Å². The number of fused-ring (bicyclic) bond motifs is 3. The molecule has 8 heteroatoms. The standard InChI is InChI=1S/C25H29N3O5/c1-17(14-23(29)28-12-10-27(11-13-28)15-24(30)31)26-25(32)33-16-22-20-8-4-2-6-18(20)19-7-3-5-9-21(19)22/h2-9,17,22H,10-16H2,1H3,(H,26,32)(H,30,31)/t17-/m1/s1. The van der Waals surface area contributed by atoms with E-state index < -0.39 is 12.1 Å². The van der Waals surface area contributed by atoms with Crippen molar-refractivity contribution in [2.45, 2.75) is 25.3 Å². The zero-order chi connectivity index (χ0) is 23.4. The van der Waals surface area contributed by atoms with Crippen molar-refractivity contribution in [1.82, 2.24) is 15.1 Å². The third kappa shape index (κ3) is 5.34. The molecule has 1 aliphatic heterocycles. The van der Waals surface area contributed by atoms with Crippen LogP contribution in [0.4, 0.5) is 4.79 Å². The highest BCUT2D eigenvalue weighted by Crippen LogP contribution is 2.44. The predicted octanol–water partition coefficient (Wildman–Crippen LogP) is 2.53. The van der Waals surface area contributed by atoms with Gasteiger partial charge in [0.1, 0.15) is 6.61 Å². The molecule has 0 spiro atoms. The van der Waals surface area contributed by atoms with Crippen molar-refractivity contribution in [2.75, 3.05) is 39.3 Å². The number of benzene rings is 2. The minimum atomic E-state index is -0.865. The van der Waals surface area contributed by atoms with Gasteiger partial charge in [0.25, 0.3) is 0 Å². The number of carboxylic acid groups (broad SMARTS) is 1. The summed E-state index contributed by atoms with van der Waals surface area (Å²) in [5.74, 6) is -0.936. The van der Waals surface area contributed by atoms with Gasteiger partial charge in [0.05, 0.1) is 6.54 Å². The Hall–Kier alpha value is -3.39. The Labute approximate surface area is 193 Å². The van der Waals surface area contributed by atoms with E-state index in [0.717, 1.165) is 11.1 Å². The molecule has 0 bridgehead atoms. The molecular formula is C25H29N3O5.